The van der Waals surface area contributed by atoms with Gasteiger partial charge in [0.1, 0.15) is 0 Å². The number of aryl methyl sites for hydroxylation is 1. The van der Waals surface area contributed by atoms with Crippen LogP contribution in [0.25, 0.3) is 0 Å². The number of hydrogen-bond donors (Lipinski definition) is 2. The van der Waals surface area contributed by atoms with Crippen molar-refractivity contribution in [2.24, 2.45) is 0 Å². The number of hydrogen-bond acceptors (Lipinski definition) is 4. The highest BCUT2D eigenvalue weighted by atomic mass is 32.2. The van der Waals surface area contributed by atoms with Crippen LogP contribution >= 0.6 is 0 Å². The highest BCUT2D eigenvalue weighted by Gasteiger charge is 2.26. The van der Waals surface area contributed by atoms with E-state index in [9.17, 15) is 13.5 Å². The first-order valence-electron chi connectivity index (χ1n) is 11.2. The lowest BCUT2D eigenvalue weighted by molar-refractivity contribution is 0.222. The Balaban J connectivity index is 3.19. The van der Waals surface area contributed by atoms with Crippen molar-refractivity contribution >= 4 is 9.84 Å². The van der Waals surface area contributed by atoms with Crippen LogP contribution in [0.5, 0.6) is 0 Å². The summed E-state index contributed by atoms with van der Waals surface area (Å²) in [5.74, 6) is 0. The molecule has 2 unspecified atom stereocenters. The highest BCUT2D eigenvalue weighted by molar-refractivity contribution is 7.92. The molecule has 2 N–H and O–H groups in total. The summed E-state index contributed by atoms with van der Waals surface area (Å²) in [7, 11) is -3.58. The molecule has 0 saturated carbocycles. The molecule has 0 aromatic heterocycles. The summed E-state index contributed by atoms with van der Waals surface area (Å²) >= 11 is 0. The Bertz CT molecular complexity index is 944. The van der Waals surface area contributed by atoms with Crippen molar-refractivity contribution in [2.45, 2.75) is 83.5 Å². The summed E-state index contributed by atoms with van der Waals surface area (Å²) in [5, 5.41) is 18.7. The van der Waals surface area contributed by atoms with Gasteiger partial charge in [0.15, 0.2) is 9.84 Å². The van der Waals surface area contributed by atoms with Gasteiger partial charge >= 0.3 is 0 Å². The van der Waals surface area contributed by atoms with Crippen LogP contribution in [0.15, 0.2) is 75.8 Å². The van der Waals surface area contributed by atoms with Crippen LogP contribution in [0, 0.1) is 6.92 Å². The van der Waals surface area contributed by atoms with Crippen LogP contribution in [0.2, 0.25) is 0 Å². The highest BCUT2D eigenvalue weighted by Crippen LogP contribution is 2.25. The number of benzene rings is 1. The third-order valence-corrected chi connectivity index (χ3v) is 7.31. The molecule has 32 heavy (non-hydrogen) atoms. The number of rotatable bonds is 12. The fraction of sp³-hybridized carbons (Fsp3) is 0.481. The molecule has 4 nitrogen and oxygen atoms in total. The van der Waals surface area contributed by atoms with E-state index in [2.05, 4.69) is 19.9 Å². The van der Waals surface area contributed by atoms with E-state index in [0.717, 1.165) is 35.1 Å². The van der Waals surface area contributed by atoms with Gasteiger partial charge in [0.05, 0.1) is 22.9 Å². The molecule has 5 heteroatoms. The Hall–Kier alpha value is -1.95. The lowest BCUT2D eigenvalue weighted by atomic mass is 10.0. The Kier molecular flexibility index (Phi) is 11.9. The Labute approximate surface area is 195 Å². The van der Waals surface area contributed by atoms with E-state index in [1.165, 1.54) is 5.57 Å². The fourth-order valence-electron chi connectivity index (χ4n) is 3.49. The smallest absolute Gasteiger partial charge is 0.185 e. The second-order valence-corrected chi connectivity index (χ2v) is 11.1. The molecule has 1 aromatic carbocycles. The molecule has 2 atom stereocenters. The summed E-state index contributed by atoms with van der Waals surface area (Å²) in [5.41, 5.74) is 5.02. The first-order valence-corrected chi connectivity index (χ1v) is 12.7. The topological polar surface area (TPSA) is 74.6 Å². The van der Waals surface area contributed by atoms with E-state index < -0.39 is 21.2 Å². The van der Waals surface area contributed by atoms with Crippen LogP contribution in [0.4, 0.5) is 0 Å². The molecule has 0 bridgehead atoms. The van der Waals surface area contributed by atoms with Gasteiger partial charge in [-0.2, -0.15) is 0 Å². The Morgan fingerprint density at radius 3 is 2.09 bits per heavy atom. The number of sulfone groups is 1. The van der Waals surface area contributed by atoms with Crippen molar-refractivity contribution in [1.82, 2.24) is 0 Å². The second-order valence-electron chi connectivity index (χ2n) is 8.95. The zero-order chi connectivity index (χ0) is 24.3. The van der Waals surface area contributed by atoms with Gasteiger partial charge in [0, 0.05) is 0 Å². The minimum Gasteiger partial charge on any atom is -0.392 e. The van der Waals surface area contributed by atoms with E-state index in [1.807, 2.05) is 45.9 Å². The predicted octanol–water partition coefficient (Wildman–Crippen LogP) is 5.86. The van der Waals surface area contributed by atoms with Crippen molar-refractivity contribution in [3.8, 4) is 0 Å². The summed E-state index contributed by atoms with van der Waals surface area (Å²) in [6.45, 7) is 11.7. The SMILES string of the molecule is CC(C)=CCC/C(C)=C/C(C/C(C)=C/C(O)C/C(C)=C/CO)S(=O)(=O)c1ccc(C)cc1. The third kappa shape index (κ3) is 10.1. The van der Waals surface area contributed by atoms with Crippen LogP contribution in [0.1, 0.15) is 65.9 Å². The zero-order valence-corrected chi connectivity index (χ0v) is 21.2. The lowest BCUT2D eigenvalue weighted by Gasteiger charge is -2.17. The molecule has 1 aromatic rings. The maximum Gasteiger partial charge on any atom is 0.185 e. The average molecular weight is 461 g/mol. The summed E-state index contributed by atoms with van der Waals surface area (Å²) < 4.78 is 26.9. The molecule has 0 spiro atoms. The minimum absolute atomic E-state index is 0.0606. The quantitative estimate of drug-likeness (QED) is 0.383. The van der Waals surface area contributed by atoms with Gasteiger partial charge in [-0.1, -0.05) is 64.3 Å². The molecule has 0 fully saturated rings. The van der Waals surface area contributed by atoms with Crippen LogP contribution in [-0.2, 0) is 9.84 Å². The summed E-state index contributed by atoms with van der Waals surface area (Å²) in [6.07, 6.45) is 9.10. The van der Waals surface area contributed by atoms with Crippen molar-refractivity contribution in [3.63, 3.8) is 0 Å². The van der Waals surface area contributed by atoms with E-state index in [1.54, 1.807) is 24.3 Å². The standard InChI is InChI=1S/C27H40O4S/c1-20(2)8-7-9-22(4)18-27(32(30,31)26-12-10-21(3)11-13-26)19-24(6)17-25(29)16-23(5)14-15-28/h8,10-14,17-18,25,27-29H,7,9,15-16,19H2,1-6H3/b22-18+,23-14+,24-17+. The van der Waals surface area contributed by atoms with Gasteiger partial charge in [0.2, 0.25) is 0 Å². The monoisotopic (exact) mass is 460 g/mol. The molecule has 0 amide bonds. The molecule has 0 saturated heterocycles. The molecule has 0 aliphatic carbocycles. The normalized spacial score (nSPS) is 15.4. The maximum atomic E-state index is 13.5. The maximum absolute atomic E-state index is 13.5. The molecule has 0 aliphatic heterocycles. The van der Waals surface area contributed by atoms with Crippen LogP contribution in [-0.4, -0.2) is 36.6 Å². The molecule has 0 heterocycles. The zero-order valence-electron chi connectivity index (χ0n) is 20.4. The van der Waals surface area contributed by atoms with Crippen molar-refractivity contribution in [3.05, 3.63) is 76.4 Å². The lowest BCUT2D eigenvalue weighted by Crippen LogP contribution is -2.21. The molecular formula is C27H40O4S. The van der Waals surface area contributed by atoms with Crippen molar-refractivity contribution < 1.29 is 18.6 Å². The molecule has 1 rings (SSSR count). The van der Waals surface area contributed by atoms with E-state index >= 15 is 0 Å². The summed E-state index contributed by atoms with van der Waals surface area (Å²) in [4.78, 5) is 0.316. The van der Waals surface area contributed by atoms with Crippen molar-refractivity contribution in [1.29, 1.82) is 0 Å². The number of aliphatic hydroxyl groups is 2. The number of aliphatic hydroxyl groups excluding tert-OH is 2. The van der Waals surface area contributed by atoms with Crippen LogP contribution < -0.4 is 0 Å². The fourth-order valence-corrected chi connectivity index (χ4v) is 5.25. The summed E-state index contributed by atoms with van der Waals surface area (Å²) in [6, 6.07) is 6.97. The first-order chi connectivity index (χ1) is 14.9. The first kappa shape index (κ1) is 28.1. The molecule has 0 radical (unpaired) electrons. The average Bonchev–Trinajstić information content (AvgIpc) is 2.67. The second kappa shape index (κ2) is 13.6. The van der Waals surface area contributed by atoms with Gasteiger partial charge < -0.3 is 10.2 Å². The molecule has 178 valence electrons. The Morgan fingerprint density at radius 1 is 0.906 bits per heavy atom. The third-order valence-electron chi connectivity index (χ3n) is 5.28. The Morgan fingerprint density at radius 2 is 1.53 bits per heavy atom. The predicted molar refractivity (Wildman–Crippen MR) is 134 cm³/mol. The van der Waals surface area contributed by atoms with Crippen LogP contribution in [0.3, 0.4) is 0 Å². The molecule has 0 aliphatic rings. The van der Waals surface area contributed by atoms with Gasteiger partial charge in [-0.25, -0.2) is 8.42 Å². The molecular weight excluding hydrogens is 420 g/mol. The van der Waals surface area contributed by atoms with Gasteiger partial charge in [-0.05, 0) is 79.4 Å². The minimum atomic E-state index is -3.58. The van der Waals surface area contributed by atoms with E-state index in [0.29, 0.717) is 17.7 Å². The van der Waals surface area contributed by atoms with E-state index in [-0.39, 0.29) is 6.61 Å². The van der Waals surface area contributed by atoms with Crippen molar-refractivity contribution in [2.75, 3.05) is 6.61 Å². The van der Waals surface area contributed by atoms with Gasteiger partial charge in [-0.15, -0.1) is 0 Å². The van der Waals surface area contributed by atoms with Gasteiger partial charge in [-0.3, -0.25) is 0 Å². The largest absolute Gasteiger partial charge is 0.392 e. The number of allylic oxidation sites excluding steroid dienone is 4. The van der Waals surface area contributed by atoms with Gasteiger partial charge in [0.25, 0.3) is 0 Å². The van der Waals surface area contributed by atoms with E-state index in [4.69, 9.17) is 5.11 Å².